The maximum absolute atomic E-state index is 11.4. The van der Waals surface area contributed by atoms with Crippen molar-refractivity contribution in [2.75, 3.05) is 5.43 Å². The normalized spacial score (nSPS) is 11.3. The minimum absolute atomic E-state index is 0.662. The van der Waals surface area contributed by atoms with Gasteiger partial charge >= 0.3 is 6.09 Å². The molecule has 0 spiro atoms. The number of hydrogen-bond acceptors (Lipinski definition) is 3. The number of anilines is 1. The standard InChI is InChI=1S/C19H19N3O2/c1-12-5-7-17(14(3)8-12)21-20-10-15-11-22(19(23)24)18-9-13(2)4-6-16(15)18/h4-11,21H,1-3H3,(H,23,24)/b20-10+. The van der Waals surface area contributed by atoms with E-state index in [0.717, 1.165) is 27.8 Å². The molecule has 0 saturated carbocycles. The summed E-state index contributed by atoms with van der Waals surface area (Å²) in [6.07, 6.45) is 2.23. The van der Waals surface area contributed by atoms with Crippen molar-refractivity contribution in [1.29, 1.82) is 0 Å². The molecule has 2 aromatic carbocycles. The smallest absolute Gasteiger partial charge is 0.416 e. The lowest BCUT2D eigenvalue weighted by molar-refractivity contribution is 0.197. The van der Waals surface area contributed by atoms with Gasteiger partial charge in [-0.15, -0.1) is 0 Å². The van der Waals surface area contributed by atoms with E-state index in [4.69, 9.17) is 0 Å². The Morgan fingerprint density at radius 1 is 1.12 bits per heavy atom. The van der Waals surface area contributed by atoms with Crippen LogP contribution in [0.15, 0.2) is 47.7 Å². The van der Waals surface area contributed by atoms with Crippen LogP contribution < -0.4 is 5.43 Å². The molecule has 5 heteroatoms. The molecule has 3 aromatic rings. The summed E-state index contributed by atoms with van der Waals surface area (Å²) in [7, 11) is 0. The number of hydrazone groups is 1. The van der Waals surface area contributed by atoms with Crippen LogP contribution in [-0.4, -0.2) is 22.0 Å². The second-order valence-electron chi connectivity index (χ2n) is 5.95. The van der Waals surface area contributed by atoms with Crippen molar-refractivity contribution in [2.24, 2.45) is 5.10 Å². The average molecular weight is 321 g/mol. The van der Waals surface area contributed by atoms with Gasteiger partial charge in [0.25, 0.3) is 0 Å². The fraction of sp³-hybridized carbons (Fsp3) is 0.158. The van der Waals surface area contributed by atoms with Crippen LogP contribution in [0.5, 0.6) is 0 Å². The Balaban J connectivity index is 1.93. The lowest BCUT2D eigenvalue weighted by Crippen LogP contribution is -2.05. The molecule has 0 bridgehead atoms. The Morgan fingerprint density at radius 2 is 1.83 bits per heavy atom. The van der Waals surface area contributed by atoms with Crippen LogP contribution in [0.25, 0.3) is 10.9 Å². The van der Waals surface area contributed by atoms with Crippen LogP contribution in [-0.2, 0) is 0 Å². The number of fused-ring (bicyclic) bond motifs is 1. The van der Waals surface area contributed by atoms with E-state index in [9.17, 15) is 9.90 Å². The van der Waals surface area contributed by atoms with Crippen LogP contribution >= 0.6 is 0 Å². The Morgan fingerprint density at radius 3 is 2.54 bits per heavy atom. The van der Waals surface area contributed by atoms with Gasteiger partial charge in [0.15, 0.2) is 0 Å². The van der Waals surface area contributed by atoms with Gasteiger partial charge in [-0.3, -0.25) is 9.99 Å². The third-order valence-electron chi connectivity index (χ3n) is 3.97. The number of nitrogens with zero attached hydrogens (tertiary/aromatic N) is 2. The first kappa shape index (κ1) is 15.8. The van der Waals surface area contributed by atoms with E-state index in [1.165, 1.54) is 10.1 Å². The quantitative estimate of drug-likeness (QED) is 0.550. The zero-order valence-corrected chi connectivity index (χ0v) is 13.9. The zero-order valence-electron chi connectivity index (χ0n) is 13.9. The molecule has 1 aromatic heterocycles. The summed E-state index contributed by atoms with van der Waals surface area (Å²) in [6.45, 7) is 6.00. The summed E-state index contributed by atoms with van der Waals surface area (Å²) >= 11 is 0. The van der Waals surface area contributed by atoms with Gasteiger partial charge in [0.2, 0.25) is 0 Å². The molecule has 0 aliphatic rings. The molecule has 2 N–H and O–H groups in total. The van der Waals surface area contributed by atoms with Crippen molar-refractivity contribution >= 4 is 28.9 Å². The fourth-order valence-electron chi connectivity index (χ4n) is 2.73. The topological polar surface area (TPSA) is 66.6 Å². The Hall–Kier alpha value is -3.08. The van der Waals surface area contributed by atoms with E-state index >= 15 is 0 Å². The van der Waals surface area contributed by atoms with Gasteiger partial charge in [0, 0.05) is 17.1 Å². The SMILES string of the molecule is Cc1ccc(N/N=C/c2cn(C(=O)O)c3cc(C)ccc23)c(C)c1. The van der Waals surface area contributed by atoms with E-state index in [1.54, 1.807) is 12.4 Å². The predicted octanol–water partition coefficient (Wildman–Crippen LogP) is 4.54. The molecule has 0 fully saturated rings. The molecule has 0 unspecified atom stereocenters. The number of rotatable bonds is 3. The summed E-state index contributed by atoms with van der Waals surface area (Å²) in [6, 6.07) is 11.8. The Kier molecular flexibility index (Phi) is 4.08. The van der Waals surface area contributed by atoms with E-state index in [-0.39, 0.29) is 0 Å². The number of nitrogens with one attached hydrogen (secondary N) is 1. The van der Waals surface area contributed by atoms with Crippen LogP contribution in [0.3, 0.4) is 0 Å². The number of benzene rings is 2. The molecule has 0 saturated heterocycles. The maximum atomic E-state index is 11.4. The largest absolute Gasteiger partial charge is 0.464 e. The van der Waals surface area contributed by atoms with E-state index < -0.39 is 6.09 Å². The molecule has 3 rings (SSSR count). The highest BCUT2D eigenvalue weighted by Crippen LogP contribution is 2.22. The Bertz CT molecular complexity index is 955. The first-order valence-corrected chi connectivity index (χ1v) is 7.67. The van der Waals surface area contributed by atoms with E-state index in [0.29, 0.717) is 5.52 Å². The van der Waals surface area contributed by atoms with Crippen LogP contribution in [0.1, 0.15) is 22.3 Å². The lowest BCUT2D eigenvalue weighted by atomic mass is 10.1. The van der Waals surface area contributed by atoms with Crippen LogP contribution in [0, 0.1) is 20.8 Å². The van der Waals surface area contributed by atoms with Gasteiger partial charge in [0.1, 0.15) is 0 Å². The molecule has 122 valence electrons. The number of hydrogen-bond donors (Lipinski definition) is 2. The third kappa shape index (κ3) is 3.01. The number of carboxylic acid groups (broad SMARTS) is 1. The van der Waals surface area contributed by atoms with Crippen LogP contribution in [0.2, 0.25) is 0 Å². The minimum atomic E-state index is -1.01. The van der Waals surface area contributed by atoms with Gasteiger partial charge in [0.05, 0.1) is 17.4 Å². The van der Waals surface area contributed by atoms with E-state index in [1.807, 2.05) is 51.1 Å². The van der Waals surface area contributed by atoms with Gasteiger partial charge in [-0.25, -0.2) is 4.79 Å². The Labute approximate surface area is 140 Å². The zero-order chi connectivity index (χ0) is 17.3. The number of aryl methyl sites for hydroxylation is 3. The van der Waals surface area contributed by atoms with Crippen molar-refractivity contribution in [2.45, 2.75) is 20.8 Å². The molecule has 0 amide bonds. The maximum Gasteiger partial charge on any atom is 0.416 e. The molecule has 0 atom stereocenters. The number of carbonyl (C=O) groups is 1. The summed E-state index contributed by atoms with van der Waals surface area (Å²) in [5.41, 5.74) is 8.68. The lowest BCUT2D eigenvalue weighted by Gasteiger charge is -2.05. The molecule has 24 heavy (non-hydrogen) atoms. The average Bonchev–Trinajstić information content (AvgIpc) is 2.87. The molecule has 5 nitrogen and oxygen atoms in total. The molecule has 0 aliphatic heterocycles. The first-order valence-electron chi connectivity index (χ1n) is 7.67. The first-order chi connectivity index (χ1) is 11.5. The minimum Gasteiger partial charge on any atom is -0.464 e. The summed E-state index contributed by atoms with van der Waals surface area (Å²) in [5.74, 6) is 0. The second-order valence-corrected chi connectivity index (χ2v) is 5.95. The van der Waals surface area contributed by atoms with Crippen molar-refractivity contribution in [3.63, 3.8) is 0 Å². The van der Waals surface area contributed by atoms with Gasteiger partial charge in [-0.05, 0) is 44.0 Å². The molecular weight excluding hydrogens is 302 g/mol. The van der Waals surface area contributed by atoms with Gasteiger partial charge < -0.3 is 5.11 Å². The number of aromatic nitrogens is 1. The second kappa shape index (κ2) is 6.20. The van der Waals surface area contributed by atoms with Gasteiger partial charge in [-0.2, -0.15) is 5.10 Å². The fourth-order valence-corrected chi connectivity index (χ4v) is 2.73. The summed E-state index contributed by atoms with van der Waals surface area (Å²) < 4.78 is 1.22. The predicted molar refractivity (Wildman–Crippen MR) is 97.2 cm³/mol. The molecule has 0 radical (unpaired) electrons. The highest BCUT2D eigenvalue weighted by atomic mass is 16.4. The van der Waals surface area contributed by atoms with Crippen molar-refractivity contribution in [3.05, 3.63) is 64.8 Å². The highest BCUT2D eigenvalue weighted by molar-refractivity contribution is 6.02. The highest BCUT2D eigenvalue weighted by Gasteiger charge is 2.11. The molecular formula is C19H19N3O2. The van der Waals surface area contributed by atoms with Crippen molar-refractivity contribution < 1.29 is 9.90 Å². The third-order valence-corrected chi connectivity index (χ3v) is 3.97. The van der Waals surface area contributed by atoms with Crippen molar-refractivity contribution in [1.82, 2.24) is 4.57 Å². The summed E-state index contributed by atoms with van der Waals surface area (Å²) in [4.78, 5) is 11.4. The molecule has 0 aliphatic carbocycles. The van der Waals surface area contributed by atoms with Crippen LogP contribution in [0.4, 0.5) is 10.5 Å². The van der Waals surface area contributed by atoms with E-state index in [2.05, 4.69) is 16.6 Å². The summed E-state index contributed by atoms with van der Waals surface area (Å²) in [5, 5.41) is 14.5. The molecule has 1 heterocycles. The van der Waals surface area contributed by atoms with Gasteiger partial charge in [-0.1, -0.05) is 29.8 Å². The van der Waals surface area contributed by atoms with Crippen molar-refractivity contribution in [3.8, 4) is 0 Å². The monoisotopic (exact) mass is 321 g/mol.